The van der Waals surface area contributed by atoms with Gasteiger partial charge in [-0.25, -0.2) is 0 Å². The molecule has 2 aliphatic rings. The molecule has 3 nitrogen and oxygen atoms in total. The van der Waals surface area contributed by atoms with E-state index in [0.29, 0.717) is 17.9 Å². The molecule has 3 rings (SSSR count). The van der Waals surface area contributed by atoms with Crippen LogP contribution in [0.3, 0.4) is 0 Å². The smallest absolute Gasteiger partial charge is 0.120 e. The van der Waals surface area contributed by atoms with E-state index in [1.165, 1.54) is 19.3 Å². The third kappa shape index (κ3) is 2.42. The summed E-state index contributed by atoms with van der Waals surface area (Å²) in [6, 6.07) is 6.18. The molecule has 0 aromatic heterocycles. The second-order valence-corrected chi connectivity index (χ2v) is 6.07. The van der Waals surface area contributed by atoms with Crippen molar-refractivity contribution in [2.45, 2.75) is 38.0 Å². The number of halogens is 1. The molecule has 1 aliphatic carbocycles. The second-order valence-electron chi connectivity index (χ2n) is 5.15. The number of ether oxygens (including phenoxy) is 1. The fourth-order valence-corrected chi connectivity index (χ4v) is 3.51. The number of aromatic hydroxyl groups is 1. The fraction of sp³-hybridized carbons (Fsp3) is 0.571. The summed E-state index contributed by atoms with van der Waals surface area (Å²) in [6.45, 7) is 2.60. The van der Waals surface area contributed by atoms with Crippen molar-refractivity contribution in [3.63, 3.8) is 0 Å². The summed E-state index contributed by atoms with van der Waals surface area (Å²) >= 11 is 3.46. The molecule has 18 heavy (non-hydrogen) atoms. The van der Waals surface area contributed by atoms with Crippen molar-refractivity contribution in [3.05, 3.63) is 28.2 Å². The van der Waals surface area contributed by atoms with Gasteiger partial charge in [-0.05, 0) is 37.5 Å². The third-order valence-corrected chi connectivity index (χ3v) is 4.51. The maximum Gasteiger partial charge on any atom is 0.120 e. The van der Waals surface area contributed by atoms with Crippen LogP contribution in [-0.4, -0.2) is 35.3 Å². The maximum absolute atomic E-state index is 9.93. The average Bonchev–Trinajstić information content (AvgIpc) is 2.83. The van der Waals surface area contributed by atoms with E-state index in [1.54, 1.807) is 6.07 Å². The first-order chi connectivity index (χ1) is 8.74. The highest BCUT2D eigenvalue weighted by atomic mass is 79.9. The topological polar surface area (TPSA) is 32.7 Å². The molecular formula is C14H18BrNO2. The first-order valence-corrected chi connectivity index (χ1v) is 7.36. The van der Waals surface area contributed by atoms with E-state index in [1.807, 2.05) is 12.1 Å². The molecule has 1 aromatic rings. The number of hydrogen-bond donors (Lipinski definition) is 1. The molecule has 1 heterocycles. The molecule has 1 saturated heterocycles. The molecule has 0 radical (unpaired) electrons. The van der Waals surface area contributed by atoms with E-state index in [-0.39, 0.29) is 0 Å². The Balaban J connectivity index is 1.77. The van der Waals surface area contributed by atoms with Crippen LogP contribution in [-0.2, 0) is 11.3 Å². The van der Waals surface area contributed by atoms with E-state index >= 15 is 0 Å². The lowest BCUT2D eigenvalue weighted by Gasteiger charge is -2.37. The summed E-state index contributed by atoms with van der Waals surface area (Å²) in [5.74, 6) is 0.388. The van der Waals surface area contributed by atoms with Crippen LogP contribution in [0.4, 0.5) is 0 Å². The van der Waals surface area contributed by atoms with Gasteiger partial charge < -0.3 is 9.84 Å². The zero-order chi connectivity index (χ0) is 12.5. The molecule has 2 unspecified atom stereocenters. The molecule has 1 N–H and O–H groups in total. The lowest BCUT2D eigenvalue weighted by Crippen LogP contribution is -2.47. The van der Waals surface area contributed by atoms with E-state index in [9.17, 15) is 5.11 Å². The van der Waals surface area contributed by atoms with E-state index in [4.69, 9.17) is 4.74 Å². The Kier molecular flexibility index (Phi) is 3.59. The second kappa shape index (κ2) is 5.19. The molecular weight excluding hydrogens is 294 g/mol. The number of phenolic OH excluding ortho intramolecular Hbond substituents is 1. The van der Waals surface area contributed by atoms with Gasteiger partial charge >= 0.3 is 0 Å². The van der Waals surface area contributed by atoms with E-state index in [2.05, 4.69) is 20.8 Å². The van der Waals surface area contributed by atoms with Crippen LogP contribution >= 0.6 is 15.9 Å². The number of phenols is 1. The minimum absolute atomic E-state index is 0.388. The molecule has 0 amide bonds. The molecule has 2 fully saturated rings. The van der Waals surface area contributed by atoms with Crippen LogP contribution in [0.2, 0.25) is 0 Å². The highest BCUT2D eigenvalue weighted by Crippen LogP contribution is 2.32. The van der Waals surface area contributed by atoms with Gasteiger partial charge in [-0.2, -0.15) is 0 Å². The van der Waals surface area contributed by atoms with Gasteiger partial charge in [0.1, 0.15) is 5.75 Å². The average molecular weight is 312 g/mol. The van der Waals surface area contributed by atoms with Gasteiger partial charge in [-0.1, -0.05) is 15.9 Å². The zero-order valence-electron chi connectivity index (χ0n) is 10.3. The van der Waals surface area contributed by atoms with Crippen LogP contribution < -0.4 is 0 Å². The molecule has 98 valence electrons. The van der Waals surface area contributed by atoms with Crippen molar-refractivity contribution in [2.75, 3.05) is 13.2 Å². The van der Waals surface area contributed by atoms with Crippen LogP contribution in [0, 0.1) is 0 Å². The molecule has 1 aromatic carbocycles. The summed E-state index contributed by atoms with van der Waals surface area (Å²) in [5.41, 5.74) is 0.997. The van der Waals surface area contributed by atoms with Crippen molar-refractivity contribution < 1.29 is 9.84 Å². The number of hydrogen-bond acceptors (Lipinski definition) is 3. The van der Waals surface area contributed by atoms with E-state index in [0.717, 1.165) is 29.7 Å². The summed E-state index contributed by atoms with van der Waals surface area (Å²) < 4.78 is 6.83. The summed E-state index contributed by atoms with van der Waals surface area (Å²) in [5, 5.41) is 9.93. The number of benzene rings is 1. The molecule has 1 aliphatic heterocycles. The van der Waals surface area contributed by atoms with Crippen LogP contribution in [0.5, 0.6) is 5.75 Å². The van der Waals surface area contributed by atoms with Crippen LogP contribution in [0.25, 0.3) is 0 Å². The van der Waals surface area contributed by atoms with Gasteiger partial charge in [0.2, 0.25) is 0 Å². The first kappa shape index (κ1) is 12.5. The van der Waals surface area contributed by atoms with Gasteiger partial charge in [-0.3, -0.25) is 4.90 Å². The summed E-state index contributed by atoms with van der Waals surface area (Å²) in [4.78, 5) is 2.46. The molecule has 0 spiro atoms. The van der Waals surface area contributed by atoms with Crippen molar-refractivity contribution in [2.24, 2.45) is 0 Å². The zero-order valence-corrected chi connectivity index (χ0v) is 11.9. The Hall–Kier alpha value is -0.580. The van der Waals surface area contributed by atoms with Crippen LogP contribution in [0.1, 0.15) is 24.8 Å². The standard InChI is InChI=1S/C14H18BrNO2/c15-11-4-5-13(17)10(8-11)9-16-6-7-18-14-3-1-2-12(14)16/h4-5,8,12,14,17H,1-3,6-7,9H2. The minimum Gasteiger partial charge on any atom is -0.508 e. The Labute approximate surface area is 116 Å². The Morgan fingerprint density at radius 1 is 1.39 bits per heavy atom. The summed E-state index contributed by atoms with van der Waals surface area (Å²) in [7, 11) is 0. The fourth-order valence-electron chi connectivity index (χ4n) is 3.10. The normalized spacial score (nSPS) is 28.3. The minimum atomic E-state index is 0.388. The highest BCUT2D eigenvalue weighted by molar-refractivity contribution is 9.10. The predicted molar refractivity (Wildman–Crippen MR) is 73.6 cm³/mol. The molecule has 1 saturated carbocycles. The largest absolute Gasteiger partial charge is 0.508 e. The third-order valence-electron chi connectivity index (χ3n) is 4.01. The van der Waals surface area contributed by atoms with Crippen LogP contribution in [0.15, 0.2) is 22.7 Å². The Bertz CT molecular complexity index is 438. The number of morpholine rings is 1. The van der Waals surface area contributed by atoms with Crippen molar-refractivity contribution >= 4 is 15.9 Å². The predicted octanol–water partition coefficient (Wildman–Crippen LogP) is 2.91. The molecule has 4 heteroatoms. The van der Waals surface area contributed by atoms with Gasteiger partial charge in [-0.15, -0.1) is 0 Å². The van der Waals surface area contributed by atoms with Crippen molar-refractivity contribution in [3.8, 4) is 5.75 Å². The quantitative estimate of drug-likeness (QED) is 0.911. The van der Waals surface area contributed by atoms with E-state index < -0.39 is 0 Å². The number of fused-ring (bicyclic) bond motifs is 1. The molecule has 0 bridgehead atoms. The highest BCUT2D eigenvalue weighted by Gasteiger charge is 2.36. The Morgan fingerprint density at radius 3 is 3.17 bits per heavy atom. The van der Waals surface area contributed by atoms with Gasteiger partial charge in [0, 0.05) is 29.2 Å². The lowest BCUT2D eigenvalue weighted by molar-refractivity contribution is -0.0590. The van der Waals surface area contributed by atoms with Crippen molar-refractivity contribution in [1.82, 2.24) is 4.90 Å². The van der Waals surface area contributed by atoms with Crippen molar-refractivity contribution in [1.29, 1.82) is 0 Å². The van der Waals surface area contributed by atoms with Gasteiger partial charge in [0.15, 0.2) is 0 Å². The number of rotatable bonds is 2. The van der Waals surface area contributed by atoms with Gasteiger partial charge in [0.05, 0.1) is 12.7 Å². The van der Waals surface area contributed by atoms with Gasteiger partial charge in [0.25, 0.3) is 0 Å². The molecule has 2 atom stereocenters. The monoisotopic (exact) mass is 311 g/mol. The first-order valence-electron chi connectivity index (χ1n) is 6.57. The lowest BCUT2D eigenvalue weighted by atomic mass is 10.1. The maximum atomic E-state index is 9.93. The Morgan fingerprint density at radius 2 is 2.28 bits per heavy atom. The summed E-state index contributed by atoms with van der Waals surface area (Å²) in [6.07, 6.45) is 4.08. The SMILES string of the molecule is Oc1ccc(Br)cc1CN1CCOC2CCCC21. The number of nitrogens with zero attached hydrogens (tertiary/aromatic N) is 1.